The molecule has 242 valence electrons. The molecular formula is C36H58O6Si. The van der Waals surface area contributed by atoms with E-state index in [0.29, 0.717) is 12.8 Å². The highest BCUT2D eigenvalue weighted by Gasteiger charge is 2.43. The van der Waals surface area contributed by atoms with E-state index in [4.69, 9.17) is 23.4 Å². The smallest absolute Gasteiger partial charge is 0.250 e. The Hall–Kier alpha value is -1.51. The molecule has 3 aliphatic rings. The van der Waals surface area contributed by atoms with Crippen molar-refractivity contribution in [2.24, 2.45) is 11.8 Å². The van der Waals surface area contributed by atoms with Gasteiger partial charge in [0.25, 0.3) is 0 Å². The molecule has 2 aliphatic heterocycles. The van der Waals surface area contributed by atoms with Gasteiger partial charge in [-0.1, -0.05) is 71.2 Å². The van der Waals surface area contributed by atoms with Gasteiger partial charge in [0.15, 0.2) is 12.6 Å². The number of hydrogen-bond donors (Lipinski definition) is 0. The molecule has 7 heteroatoms. The zero-order valence-electron chi connectivity index (χ0n) is 27.8. The third kappa shape index (κ3) is 10.3. The molecule has 4 rings (SSSR count). The summed E-state index contributed by atoms with van der Waals surface area (Å²) in [5.74, 6) is 0.981. The van der Waals surface area contributed by atoms with Crippen LogP contribution in [0.1, 0.15) is 104 Å². The summed E-state index contributed by atoms with van der Waals surface area (Å²) >= 11 is 0. The van der Waals surface area contributed by atoms with Crippen molar-refractivity contribution in [3.63, 3.8) is 0 Å². The van der Waals surface area contributed by atoms with Crippen LogP contribution in [0.4, 0.5) is 0 Å². The third-order valence-corrected chi connectivity index (χ3v) is 14.2. The summed E-state index contributed by atoms with van der Waals surface area (Å²) in [7, 11) is -1.97. The third-order valence-electron chi connectivity index (χ3n) is 9.81. The Labute approximate surface area is 262 Å². The van der Waals surface area contributed by atoms with Crippen LogP contribution >= 0.6 is 0 Å². The summed E-state index contributed by atoms with van der Waals surface area (Å²) < 4.78 is 31.5. The molecule has 0 bridgehead atoms. The van der Waals surface area contributed by atoms with Gasteiger partial charge in [-0.15, -0.1) is 0 Å². The first-order valence-electron chi connectivity index (χ1n) is 17.1. The van der Waals surface area contributed by atoms with E-state index in [1.54, 1.807) is 0 Å². The van der Waals surface area contributed by atoms with Crippen LogP contribution in [0.3, 0.4) is 0 Å². The Morgan fingerprint density at radius 1 is 1.02 bits per heavy atom. The summed E-state index contributed by atoms with van der Waals surface area (Å²) in [4.78, 5) is 13.6. The molecule has 0 aromatic heterocycles. The second-order valence-electron chi connectivity index (χ2n) is 14.4. The van der Waals surface area contributed by atoms with Crippen LogP contribution < -0.4 is 4.43 Å². The fourth-order valence-corrected chi connectivity index (χ4v) is 7.15. The van der Waals surface area contributed by atoms with Crippen LogP contribution in [0, 0.1) is 11.8 Å². The van der Waals surface area contributed by atoms with Crippen LogP contribution in [0.15, 0.2) is 36.4 Å². The van der Waals surface area contributed by atoms with Crippen molar-refractivity contribution in [1.82, 2.24) is 0 Å². The first-order valence-corrected chi connectivity index (χ1v) is 20.0. The summed E-state index contributed by atoms with van der Waals surface area (Å²) in [5.41, 5.74) is 1.13. The lowest BCUT2D eigenvalue weighted by molar-refractivity contribution is -0.192. The number of hydrogen-bond acceptors (Lipinski definition) is 6. The Morgan fingerprint density at radius 3 is 2.40 bits per heavy atom. The largest absolute Gasteiger partial charge is 0.543 e. The standard InChI is InChI=1S/C36H58O6Si/c1-7-8-9-16-28(40-34-18-10-12-22-38-34)20-21-30-31(32(37)26-33(30)41-35-19-11-13-23-39-35)25-27-15-14-17-29(24-27)42-43(5,6)36(2,3)4/h14-15,17,20-21,24,28,30-31,33-35H,7-13,16,18-19,22-23,25-26H2,1-6H3/b21-20+. The van der Waals surface area contributed by atoms with Gasteiger partial charge in [-0.05, 0) is 87.2 Å². The van der Waals surface area contributed by atoms with Crippen molar-refractivity contribution in [2.45, 2.75) is 148 Å². The van der Waals surface area contributed by atoms with Crippen molar-refractivity contribution < 1.29 is 28.2 Å². The quantitative estimate of drug-likeness (QED) is 0.119. The highest BCUT2D eigenvalue weighted by molar-refractivity contribution is 6.74. The van der Waals surface area contributed by atoms with Crippen molar-refractivity contribution in [3.8, 4) is 5.75 Å². The molecule has 3 fully saturated rings. The maximum Gasteiger partial charge on any atom is 0.250 e. The molecule has 6 unspecified atom stereocenters. The molecule has 2 heterocycles. The lowest BCUT2D eigenvalue weighted by Crippen LogP contribution is -2.43. The number of carbonyl (C=O) groups excluding carboxylic acids is 1. The first-order chi connectivity index (χ1) is 20.6. The van der Waals surface area contributed by atoms with Crippen LogP contribution in [0.25, 0.3) is 0 Å². The number of rotatable bonds is 14. The number of carbonyl (C=O) groups is 1. The summed E-state index contributed by atoms with van der Waals surface area (Å²) in [6, 6.07) is 8.38. The van der Waals surface area contributed by atoms with Crippen LogP contribution in [0.2, 0.25) is 18.1 Å². The minimum atomic E-state index is -1.97. The summed E-state index contributed by atoms with van der Waals surface area (Å²) in [5, 5.41) is 0.116. The second kappa shape index (κ2) is 16.2. The predicted molar refractivity (Wildman–Crippen MR) is 175 cm³/mol. The van der Waals surface area contributed by atoms with Gasteiger partial charge in [-0.25, -0.2) is 0 Å². The summed E-state index contributed by atoms with van der Waals surface area (Å²) in [6.07, 6.45) is 15.6. The lowest BCUT2D eigenvalue weighted by atomic mass is 9.87. The molecule has 0 spiro atoms. The SMILES string of the molecule is CCCCCC(/C=C/C1C(OC2CCCCO2)CC(=O)C1Cc1cccc(O[Si](C)(C)C(C)(C)C)c1)OC1CCCCO1. The van der Waals surface area contributed by atoms with Gasteiger partial charge in [0, 0.05) is 31.5 Å². The Bertz CT molecular complexity index is 1020. The lowest BCUT2D eigenvalue weighted by Gasteiger charge is -2.36. The zero-order chi connectivity index (χ0) is 30.9. The van der Waals surface area contributed by atoms with Gasteiger partial charge in [-0.3, -0.25) is 4.79 Å². The average molecular weight is 615 g/mol. The van der Waals surface area contributed by atoms with E-state index in [0.717, 1.165) is 75.9 Å². The Balaban J connectivity index is 1.53. The maximum atomic E-state index is 13.6. The zero-order valence-corrected chi connectivity index (χ0v) is 28.8. The summed E-state index contributed by atoms with van der Waals surface area (Å²) in [6.45, 7) is 15.0. The van der Waals surface area contributed by atoms with E-state index in [9.17, 15) is 4.79 Å². The van der Waals surface area contributed by atoms with E-state index >= 15 is 0 Å². The molecule has 1 saturated carbocycles. The van der Waals surface area contributed by atoms with Crippen molar-refractivity contribution in [3.05, 3.63) is 42.0 Å². The Kier molecular flexibility index (Phi) is 12.9. The molecule has 6 nitrogen and oxygen atoms in total. The van der Waals surface area contributed by atoms with E-state index in [-0.39, 0.29) is 47.4 Å². The number of ether oxygens (including phenoxy) is 4. The van der Waals surface area contributed by atoms with Crippen LogP contribution in [0.5, 0.6) is 5.75 Å². The van der Waals surface area contributed by atoms with Crippen molar-refractivity contribution in [2.75, 3.05) is 13.2 Å². The number of ketones is 1. The normalized spacial score (nSPS) is 28.0. The predicted octanol–water partition coefficient (Wildman–Crippen LogP) is 8.78. The van der Waals surface area contributed by atoms with Crippen molar-refractivity contribution >= 4 is 14.1 Å². The number of Topliss-reactive ketones (excluding diaryl/α,β-unsaturated/α-hetero) is 1. The molecule has 2 saturated heterocycles. The number of benzene rings is 1. The van der Waals surface area contributed by atoms with Gasteiger partial charge in [0.05, 0.1) is 12.2 Å². The molecule has 1 aliphatic carbocycles. The minimum absolute atomic E-state index is 0.0288. The van der Waals surface area contributed by atoms with Crippen LogP contribution in [-0.4, -0.2) is 52.1 Å². The van der Waals surface area contributed by atoms with E-state index in [1.807, 2.05) is 0 Å². The van der Waals surface area contributed by atoms with Gasteiger partial charge in [0.1, 0.15) is 11.5 Å². The van der Waals surface area contributed by atoms with Crippen LogP contribution in [-0.2, 0) is 30.2 Å². The molecule has 0 N–H and O–H groups in total. The molecule has 6 atom stereocenters. The molecule has 0 radical (unpaired) electrons. The minimum Gasteiger partial charge on any atom is -0.543 e. The highest BCUT2D eigenvalue weighted by atomic mass is 28.4. The fourth-order valence-electron chi connectivity index (χ4n) is 6.13. The van der Waals surface area contributed by atoms with Crippen molar-refractivity contribution in [1.29, 1.82) is 0 Å². The Morgan fingerprint density at radius 2 is 1.74 bits per heavy atom. The topological polar surface area (TPSA) is 63.2 Å². The highest BCUT2D eigenvalue weighted by Crippen LogP contribution is 2.39. The fraction of sp³-hybridized carbons (Fsp3) is 0.750. The van der Waals surface area contributed by atoms with Gasteiger partial charge in [-0.2, -0.15) is 0 Å². The first kappa shape index (κ1) is 34.4. The maximum absolute atomic E-state index is 13.6. The monoisotopic (exact) mass is 614 g/mol. The van der Waals surface area contributed by atoms with E-state index in [1.165, 1.54) is 12.8 Å². The molecular weight excluding hydrogens is 556 g/mol. The average Bonchev–Trinajstić information content (AvgIpc) is 3.25. The van der Waals surface area contributed by atoms with Gasteiger partial charge in [0.2, 0.25) is 8.32 Å². The molecule has 1 aromatic rings. The molecule has 1 aromatic carbocycles. The molecule has 0 amide bonds. The second-order valence-corrected chi connectivity index (χ2v) is 19.1. The van der Waals surface area contributed by atoms with E-state index < -0.39 is 8.32 Å². The van der Waals surface area contributed by atoms with Gasteiger partial charge >= 0.3 is 0 Å². The number of unbranched alkanes of at least 4 members (excludes halogenated alkanes) is 2. The van der Waals surface area contributed by atoms with E-state index in [2.05, 4.69) is 77.2 Å². The van der Waals surface area contributed by atoms with Gasteiger partial charge < -0.3 is 23.4 Å². The molecule has 43 heavy (non-hydrogen) atoms.